The van der Waals surface area contributed by atoms with Crippen LogP contribution in [0.25, 0.3) is 10.9 Å². The second-order valence-corrected chi connectivity index (χ2v) is 5.13. The van der Waals surface area contributed by atoms with Gasteiger partial charge in [0, 0.05) is 25.1 Å². The fourth-order valence-corrected chi connectivity index (χ4v) is 2.11. The summed E-state index contributed by atoms with van der Waals surface area (Å²) < 4.78 is 5.46. The van der Waals surface area contributed by atoms with Gasteiger partial charge in [-0.05, 0) is 25.5 Å². The summed E-state index contributed by atoms with van der Waals surface area (Å²) >= 11 is 0. The predicted molar refractivity (Wildman–Crippen MR) is 92.6 cm³/mol. The summed E-state index contributed by atoms with van der Waals surface area (Å²) in [5.41, 5.74) is 2.11. The van der Waals surface area contributed by atoms with E-state index in [1.54, 1.807) is 0 Å². The number of nitrogens with one attached hydrogen (secondary N) is 2. The lowest BCUT2D eigenvalue weighted by molar-refractivity contribution is 0.144. The first-order chi connectivity index (χ1) is 10.7. The molecule has 22 heavy (non-hydrogen) atoms. The number of rotatable bonds is 9. The summed E-state index contributed by atoms with van der Waals surface area (Å²) in [6, 6.07) is 6.17. The fraction of sp³-hybridized carbons (Fsp3) is 0.412. The number of ether oxygens (including phenoxy) is 1. The number of anilines is 2. The van der Waals surface area contributed by atoms with Crippen molar-refractivity contribution < 1.29 is 4.74 Å². The first-order valence-electron chi connectivity index (χ1n) is 7.69. The summed E-state index contributed by atoms with van der Waals surface area (Å²) in [7, 11) is 0. The minimum absolute atomic E-state index is 0.614. The number of benzene rings is 1. The van der Waals surface area contributed by atoms with E-state index in [1.165, 1.54) is 5.56 Å². The van der Waals surface area contributed by atoms with Gasteiger partial charge in [0.2, 0.25) is 5.95 Å². The van der Waals surface area contributed by atoms with Crippen LogP contribution in [0.15, 0.2) is 30.9 Å². The zero-order valence-electron chi connectivity index (χ0n) is 13.4. The van der Waals surface area contributed by atoms with E-state index in [0.29, 0.717) is 25.6 Å². The highest BCUT2D eigenvalue weighted by atomic mass is 16.5. The first-order valence-corrected chi connectivity index (χ1v) is 7.69. The Balaban J connectivity index is 2.16. The monoisotopic (exact) mass is 300 g/mol. The smallest absolute Gasteiger partial charge is 0.225 e. The Morgan fingerprint density at radius 3 is 2.86 bits per heavy atom. The highest BCUT2D eigenvalue weighted by Gasteiger charge is 2.07. The normalized spacial score (nSPS) is 10.6. The Morgan fingerprint density at radius 2 is 2.09 bits per heavy atom. The molecule has 118 valence electrons. The van der Waals surface area contributed by atoms with Gasteiger partial charge in [-0.25, -0.2) is 4.98 Å². The number of fused-ring (bicyclic) bond motifs is 1. The van der Waals surface area contributed by atoms with Crippen molar-refractivity contribution in [3.05, 3.63) is 36.4 Å². The van der Waals surface area contributed by atoms with Gasteiger partial charge in [0.25, 0.3) is 0 Å². The number of nitrogens with zero attached hydrogens (tertiary/aromatic N) is 2. The maximum atomic E-state index is 5.46. The summed E-state index contributed by atoms with van der Waals surface area (Å²) in [6.07, 6.45) is 2.84. The molecule has 0 radical (unpaired) electrons. The molecule has 0 aliphatic heterocycles. The zero-order chi connectivity index (χ0) is 15.8. The summed E-state index contributed by atoms with van der Waals surface area (Å²) in [5.74, 6) is 1.44. The van der Waals surface area contributed by atoms with Crippen molar-refractivity contribution in [3.8, 4) is 0 Å². The van der Waals surface area contributed by atoms with Crippen LogP contribution >= 0.6 is 0 Å². The van der Waals surface area contributed by atoms with E-state index in [1.807, 2.05) is 12.1 Å². The third kappa shape index (κ3) is 4.43. The van der Waals surface area contributed by atoms with Crippen molar-refractivity contribution in [3.63, 3.8) is 0 Å². The van der Waals surface area contributed by atoms with Crippen LogP contribution in [0.1, 0.15) is 18.9 Å². The molecule has 5 heteroatoms. The van der Waals surface area contributed by atoms with Gasteiger partial charge in [0.1, 0.15) is 5.82 Å². The third-order valence-electron chi connectivity index (χ3n) is 3.14. The van der Waals surface area contributed by atoms with Gasteiger partial charge in [-0.3, -0.25) is 0 Å². The quantitative estimate of drug-likeness (QED) is 0.549. The average Bonchev–Trinajstić information content (AvgIpc) is 2.52. The van der Waals surface area contributed by atoms with E-state index in [4.69, 9.17) is 4.74 Å². The van der Waals surface area contributed by atoms with Crippen molar-refractivity contribution in [2.45, 2.75) is 20.3 Å². The van der Waals surface area contributed by atoms with Gasteiger partial charge in [0.05, 0.1) is 12.1 Å². The summed E-state index contributed by atoms with van der Waals surface area (Å²) in [4.78, 5) is 9.12. The van der Waals surface area contributed by atoms with Crippen LogP contribution < -0.4 is 10.6 Å². The maximum absolute atomic E-state index is 5.46. The lowest BCUT2D eigenvalue weighted by Gasteiger charge is -2.11. The predicted octanol–water partition coefficient (Wildman–Crippen LogP) is 3.37. The molecule has 0 unspecified atom stereocenters. The molecule has 0 atom stereocenters. The molecule has 0 saturated carbocycles. The van der Waals surface area contributed by atoms with Crippen molar-refractivity contribution in [2.24, 2.45) is 0 Å². The molecule has 0 spiro atoms. The maximum Gasteiger partial charge on any atom is 0.225 e. The molecule has 0 aliphatic rings. The van der Waals surface area contributed by atoms with Crippen LogP contribution in [-0.2, 0) is 4.74 Å². The molecular weight excluding hydrogens is 276 g/mol. The highest BCUT2D eigenvalue weighted by molar-refractivity contribution is 5.90. The fourth-order valence-electron chi connectivity index (χ4n) is 2.11. The van der Waals surface area contributed by atoms with Gasteiger partial charge in [-0.1, -0.05) is 24.6 Å². The van der Waals surface area contributed by atoms with Crippen LogP contribution in [-0.4, -0.2) is 36.3 Å². The number of hydrogen-bond acceptors (Lipinski definition) is 5. The number of hydrogen-bond donors (Lipinski definition) is 2. The molecule has 0 amide bonds. The third-order valence-corrected chi connectivity index (χ3v) is 3.14. The van der Waals surface area contributed by atoms with Crippen LogP contribution in [0.4, 0.5) is 11.8 Å². The van der Waals surface area contributed by atoms with Crippen molar-refractivity contribution >= 4 is 22.7 Å². The van der Waals surface area contributed by atoms with E-state index >= 15 is 0 Å². The molecule has 1 aromatic carbocycles. The molecule has 0 bridgehead atoms. The lowest BCUT2D eigenvalue weighted by atomic mass is 10.1. The molecule has 2 rings (SSSR count). The SMILES string of the molecule is C=CCNc1nc(NCCOCCC)nc2ccc(C)cc12. The van der Waals surface area contributed by atoms with Crippen LogP contribution in [0, 0.1) is 6.92 Å². The van der Waals surface area contributed by atoms with E-state index in [0.717, 1.165) is 29.7 Å². The Labute approximate surface area is 131 Å². The van der Waals surface area contributed by atoms with Crippen molar-refractivity contribution in [1.29, 1.82) is 0 Å². The van der Waals surface area contributed by atoms with Crippen LogP contribution in [0.2, 0.25) is 0 Å². The minimum atomic E-state index is 0.614. The molecule has 2 aromatic rings. The van der Waals surface area contributed by atoms with Crippen molar-refractivity contribution in [2.75, 3.05) is 36.9 Å². The van der Waals surface area contributed by atoms with E-state index in [-0.39, 0.29) is 0 Å². The van der Waals surface area contributed by atoms with Crippen LogP contribution in [0.5, 0.6) is 0 Å². The Kier molecular flexibility index (Phi) is 6.15. The zero-order valence-corrected chi connectivity index (χ0v) is 13.4. The molecule has 1 heterocycles. The average molecular weight is 300 g/mol. The second-order valence-electron chi connectivity index (χ2n) is 5.13. The Morgan fingerprint density at radius 1 is 1.23 bits per heavy atom. The number of aromatic nitrogens is 2. The minimum Gasteiger partial charge on any atom is -0.380 e. The lowest BCUT2D eigenvalue weighted by Crippen LogP contribution is -2.13. The molecular formula is C17H24N4O. The number of aryl methyl sites for hydroxylation is 1. The van der Waals surface area contributed by atoms with Crippen LogP contribution in [0.3, 0.4) is 0 Å². The van der Waals surface area contributed by atoms with E-state index in [2.05, 4.69) is 53.2 Å². The topological polar surface area (TPSA) is 59.1 Å². The molecule has 1 aromatic heterocycles. The summed E-state index contributed by atoms with van der Waals surface area (Å²) in [6.45, 7) is 10.7. The molecule has 2 N–H and O–H groups in total. The van der Waals surface area contributed by atoms with Gasteiger partial charge in [0.15, 0.2) is 0 Å². The molecule has 5 nitrogen and oxygen atoms in total. The Hall–Kier alpha value is -2.14. The van der Waals surface area contributed by atoms with Gasteiger partial charge >= 0.3 is 0 Å². The van der Waals surface area contributed by atoms with E-state index in [9.17, 15) is 0 Å². The largest absolute Gasteiger partial charge is 0.380 e. The molecule has 0 saturated heterocycles. The first kappa shape index (κ1) is 16.2. The van der Waals surface area contributed by atoms with E-state index < -0.39 is 0 Å². The molecule has 0 aliphatic carbocycles. The highest BCUT2D eigenvalue weighted by Crippen LogP contribution is 2.23. The van der Waals surface area contributed by atoms with Crippen molar-refractivity contribution in [1.82, 2.24) is 9.97 Å². The standard InChI is InChI=1S/C17H24N4O/c1-4-8-18-16-14-12-13(3)6-7-15(14)20-17(21-16)19-9-11-22-10-5-2/h4,6-7,12H,1,5,8-11H2,2-3H3,(H2,18,19,20,21). The van der Waals surface area contributed by atoms with Gasteiger partial charge in [-0.2, -0.15) is 4.98 Å². The Bertz CT molecular complexity index is 627. The van der Waals surface area contributed by atoms with Gasteiger partial charge in [-0.15, -0.1) is 6.58 Å². The summed E-state index contributed by atoms with van der Waals surface area (Å²) in [5, 5.41) is 7.51. The van der Waals surface area contributed by atoms with Gasteiger partial charge < -0.3 is 15.4 Å². The molecule has 0 fully saturated rings. The second kappa shape index (κ2) is 8.34.